The molecule has 1 aromatic carbocycles. The van der Waals surface area contributed by atoms with Gasteiger partial charge in [0, 0.05) is 25.5 Å². The van der Waals surface area contributed by atoms with E-state index in [1.165, 1.54) is 5.56 Å². The van der Waals surface area contributed by atoms with Gasteiger partial charge in [0.2, 0.25) is 5.89 Å². The zero-order chi connectivity index (χ0) is 17.1. The molecule has 0 saturated carbocycles. The minimum atomic E-state index is 0.260. The first-order chi connectivity index (χ1) is 12.3. The van der Waals surface area contributed by atoms with Crippen molar-refractivity contribution in [2.45, 2.75) is 18.9 Å². The second kappa shape index (κ2) is 6.98. The first-order valence-corrected chi connectivity index (χ1v) is 8.27. The predicted octanol–water partition coefficient (Wildman–Crippen LogP) is 2.52. The standard InChI is InChI=1S/C18H19N5O2/c1-24-15-4-2-13(3-5-15)11-23-9-6-14(12-23)17-21-22-18(25-17)16-10-19-7-8-20-16/h2-5,7-8,10,14H,6,9,11-12H2,1H3. The Morgan fingerprint density at radius 2 is 2.08 bits per heavy atom. The smallest absolute Gasteiger partial charge is 0.267 e. The van der Waals surface area contributed by atoms with Crippen molar-refractivity contribution < 1.29 is 9.15 Å². The van der Waals surface area contributed by atoms with Gasteiger partial charge in [-0.15, -0.1) is 10.2 Å². The van der Waals surface area contributed by atoms with Crippen LogP contribution in [0.25, 0.3) is 11.6 Å². The quantitative estimate of drug-likeness (QED) is 0.708. The summed E-state index contributed by atoms with van der Waals surface area (Å²) in [6.45, 7) is 2.83. The largest absolute Gasteiger partial charge is 0.497 e. The molecule has 0 N–H and O–H groups in total. The van der Waals surface area contributed by atoms with Crippen LogP contribution in [-0.2, 0) is 6.54 Å². The van der Waals surface area contributed by atoms with E-state index in [4.69, 9.17) is 9.15 Å². The monoisotopic (exact) mass is 337 g/mol. The molecular formula is C18H19N5O2. The molecule has 0 spiro atoms. The van der Waals surface area contributed by atoms with Gasteiger partial charge in [0.15, 0.2) is 0 Å². The van der Waals surface area contributed by atoms with Crippen LogP contribution in [-0.4, -0.2) is 45.3 Å². The van der Waals surface area contributed by atoms with Crippen LogP contribution in [0, 0.1) is 0 Å². The summed E-state index contributed by atoms with van der Waals surface area (Å²) in [5.41, 5.74) is 1.88. The minimum absolute atomic E-state index is 0.260. The van der Waals surface area contributed by atoms with Crippen LogP contribution in [0.4, 0.5) is 0 Å². The summed E-state index contributed by atoms with van der Waals surface area (Å²) in [6, 6.07) is 8.19. The molecule has 2 aromatic heterocycles. The molecule has 0 aliphatic carbocycles. The number of aromatic nitrogens is 4. The fourth-order valence-electron chi connectivity index (χ4n) is 3.08. The molecule has 0 bridgehead atoms. The number of rotatable bonds is 5. The first-order valence-electron chi connectivity index (χ1n) is 8.27. The van der Waals surface area contributed by atoms with Gasteiger partial charge in [-0.1, -0.05) is 12.1 Å². The van der Waals surface area contributed by atoms with E-state index in [0.717, 1.165) is 31.8 Å². The zero-order valence-electron chi connectivity index (χ0n) is 14.0. The van der Waals surface area contributed by atoms with Crippen molar-refractivity contribution in [2.24, 2.45) is 0 Å². The van der Waals surface area contributed by atoms with Gasteiger partial charge >= 0.3 is 0 Å². The van der Waals surface area contributed by atoms with E-state index < -0.39 is 0 Å². The molecule has 4 rings (SSSR count). The fourth-order valence-corrected chi connectivity index (χ4v) is 3.08. The number of ether oxygens (including phenoxy) is 1. The molecule has 1 atom stereocenters. The second-order valence-electron chi connectivity index (χ2n) is 6.10. The average Bonchev–Trinajstić information content (AvgIpc) is 3.32. The van der Waals surface area contributed by atoms with Crippen LogP contribution < -0.4 is 4.74 Å². The number of hydrogen-bond acceptors (Lipinski definition) is 7. The number of hydrogen-bond donors (Lipinski definition) is 0. The van der Waals surface area contributed by atoms with Crippen molar-refractivity contribution in [2.75, 3.05) is 20.2 Å². The van der Waals surface area contributed by atoms with Crippen LogP contribution in [0.15, 0.2) is 47.3 Å². The lowest BCUT2D eigenvalue weighted by Gasteiger charge is -2.15. The van der Waals surface area contributed by atoms with E-state index in [1.54, 1.807) is 25.7 Å². The van der Waals surface area contributed by atoms with Crippen molar-refractivity contribution in [1.29, 1.82) is 0 Å². The third-order valence-electron chi connectivity index (χ3n) is 4.41. The number of methoxy groups -OCH3 is 1. The van der Waals surface area contributed by atoms with Gasteiger partial charge < -0.3 is 9.15 Å². The summed E-state index contributed by atoms with van der Waals surface area (Å²) < 4.78 is 11.0. The van der Waals surface area contributed by atoms with Crippen LogP contribution in [0.1, 0.15) is 23.8 Å². The van der Waals surface area contributed by atoms with E-state index in [1.807, 2.05) is 12.1 Å². The fraction of sp³-hybridized carbons (Fsp3) is 0.333. The van der Waals surface area contributed by atoms with Crippen LogP contribution in [0.5, 0.6) is 5.75 Å². The summed E-state index contributed by atoms with van der Waals surface area (Å²) in [6.07, 6.45) is 5.88. The second-order valence-corrected chi connectivity index (χ2v) is 6.10. The molecule has 128 valence electrons. The van der Waals surface area contributed by atoms with Crippen LogP contribution in [0.2, 0.25) is 0 Å². The Hall–Kier alpha value is -2.80. The Kier molecular flexibility index (Phi) is 4.39. The maximum absolute atomic E-state index is 5.81. The highest BCUT2D eigenvalue weighted by Gasteiger charge is 2.28. The summed E-state index contributed by atoms with van der Waals surface area (Å²) in [7, 11) is 1.68. The minimum Gasteiger partial charge on any atom is -0.497 e. The van der Waals surface area contributed by atoms with Crippen LogP contribution >= 0.6 is 0 Å². The lowest BCUT2D eigenvalue weighted by Crippen LogP contribution is -2.19. The molecule has 25 heavy (non-hydrogen) atoms. The predicted molar refractivity (Wildman–Crippen MR) is 91.0 cm³/mol. The van der Waals surface area contributed by atoms with Gasteiger partial charge in [0.1, 0.15) is 11.4 Å². The number of benzene rings is 1. The molecule has 0 radical (unpaired) electrons. The van der Waals surface area contributed by atoms with Crippen molar-refractivity contribution in [3.8, 4) is 17.3 Å². The molecule has 1 aliphatic heterocycles. The third-order valence-corrected chi connectivity index (χ3v) is 4.41. The number of nitrogens with zero attached hydrogens (tertiary/aromatic N) is 5. The Morgan fingerprint density at radius 1 is 1.20 bits per heavy atom. The van der Waals surface area contributed by atoms with Crippen molar-refractivity contribution in [3.05, 3.63) is 54.3 Å². The summed E-state index contributed by atoms with van der Waals surface area (Å²) in [4.78, 5) is 10.6. The van der Waals surface area contributed by atoms with E-state index in [9.17, 15) is 0 Å². The average molecular weight is 337 g/mol. The van der Waals surface area contributed by atoms with E-state index >= 15 is 0 Å². The van der Waals surface area contributed by atoms with E-state index in [2.05, 4.69) is 37.2 Å². The number of likely N-dealkylation sites (tertiary alicyclic amines) is 1. The Labute approximate surface area is 145 Å². The van der Waals surface area contributed by atoms with E-state index in [0.29, 0.717) is 17.5 Å². The Bertz CT molecular complexity index is 819. The molecule has 1 fully saturated rings. The SMILES string of the molecule is COc1ccc(CN2CCC(c3nnc(-c4cnccn4)o3)C2)cc1. The molecule has 1 aliphatic rings. The Morgan fingerprint density at radius 3 is 2.84 bits per heavy atom. The molecule has 1 saturated heterocycles. The molecule has 7 nitrogen and oxygen atoms in total. The van der Waals surface area contributed by atoms with Crippen LogP contribution in [0.3, 0.4) is 0 Å². The highest BCUT2D eigenvalue weighted by atomic mass is 16.5. The molecule has 3 aromatic rings. The zero-order valence-corrected chi connectivity index (χ0v) is 14.0. The highest BCUT2D eigenvalue weighted by molar-refractivity contribution is 5.43. The van der Waals surface area contributed by atoms with Gasteiger partial charge in [0.25, 0.3) is 5.89 Å². The van der Waals surface area contributed by atoms with Crippen molar-refractivity contribution in [1.82, 2.24) is 25.1 Å². The lowest BCUT2D eigenvalue weighted by atomic mass is 10.1. The Balaban J connectivity index is 1.39. The summed E-state index contributed by atoms with van der Waals surface area (Å²) >= 11 is 0. The maximum Gasteiger partial charge on any atom is 0.267 e. The summed E-state index contributed by atoms with van der Waals surface area (Å²) in [5, 5.41) is 8.32. The van der Waals surface area contributed by atoms with Gasteiger partial charge in [-0.25, -0.2) is 4.98 Å². The van der Waals surface area contributed by atoms with Gasteiger partial charge in [-0.3, -0.25) is 9.88 Å². The normalized spacial score (nSPS) is 17.7. The highest BCUT2D eigenvalue weighted by Crippen LogP contribution is 2.29. The molecular weight excluding hydrogens is 318 g/mol. The first kappa shape index (κ1) is 15.7. The van der Waals surface area contributed by atoms with Crippen molar-refractivity contribution >= 4 is 0 Å². The van der Waals surface area contributed by atoms with Gasteiger partial charge in [-0.2, -0.15) is 0 Å². The maximum atomic E-state index is 5.81. The third kappa shape index (κ3) is 3.51. The molecule has 7 heteroatoms. The lowest BCUT2D eigenvalue weighted by molar-refractivity contribution is 0.320. The molecule has 1 unspecified atom stereocenters. The molecule has 3 heterocycles. The summed E-state index contributed by atoms with van der Waals surface area (Å²) in [5.74, 6) is 2.25. The van der Waals surface area contributed by atoms with Crippen molar-refractivity contribution in [3.63, 3.8) is 0 Å². The van der Waals surface area contributed by atoms with E-state index in [-0.39, 0.29) is 5.92 Å². The van der Waals surface area contributed by atoms with Gasteiger partial charge in [-0.05, 0) is 30.7 Å². The van der Waals surface area contributed by atoms with Gasteiger partial charge in [0.05, 0.1) is 19.2 Å². The molecule has 0 amide bonds. The topological polar surface area (TPSA) is 77.2 Å².